The van der Waals surface area contributed by atoms with Gasteiger partial charge in [-0.05, 0) is 43.2 Å². The van der Waals surface area contributed by atoms with Crippen molar-refractivity contribution >= 4 is 17.4 Å². The summed E-state index contributed by atoms with van der Waals surface area (Å²) in [5.41, 5.74) is -0.414. The second-order valence-corrected chi connectivity index (χ2v) is 5.85. The van der Waals surface area contributed by atoms with E-state index in [1.165, 1.54) is 24.3 Å². The van der Waals surface area contributed by atoms with Gasteiger partial charge in [0.1, 0.15) is 0 Å². The van der Waals surface area contributed by atoms with Crippen molar-refractivity contribution in [1.29, 1.82) is 0 Å². The highest BCUT2D eigenvalue weighted by Crippen LogP contribution is 2.31. The predicted octanol–water partition coefficient (Wildman–Crippen LogP) is 3.15. The number of alkyl halides is 3. The zero-order valence-corrected chi connectivity index (χ0v) is 13.7. The lowest BCUT2D eigenvalue weighted by Crippen LogP contribution is -2.32. The van der Waals surface area contributed by atoms with Gasteiger partial charge >= 0.3 is 6.18 Å². The van der Waals surface area contributed by atoms with Crippen molar-refractivity contribution in [2.75, 3.05) is 18.5 Å². The standard InChI is InChI=1S/C17H17F3N4O2/c18-17(19,20)11-3-1-4-12(9-11)22-15-7-6-14(23-24-15)16(25)21-10-13-5-2-8-26-13/h1,3-4,6-7,9,13H,2,5,8,10H2,(H,21,25)(H,22,24). The average molecular weight is 366 g/mol. The summed E-state index contributed by atoms with van der Waals surface area (Å²) in [4.78, 5) is 12.0. The molecule has 0 saturated carbocycles. The van der Waals surface area contributed by atoms with Crippen molar-refractivity contribution in [2.45, 2.75) is 25.1 Å². The van der Waals surface area contributed by atoms with Crippen LogP contribution in [0.25, 0.3) is 0 Å². The van der Waals surface area contributed by atoms with Gasteiger partial charge in [0, 0.05) is 18.8 Å². The number of hydrogen-bond acceptors (Lipinski definition) is 5. The number of nitrogens with zero attached hydrogens (tertiary/aromatic N) is 2. The third-order valence-electron chi connectivity index (χ3n) is 3.87. The number of carbonyl (C=O) groups excluding carboxylic acids is 1. The number of rotatable bonds is 5. The molecule has 0 radical (unpaired) electrons. The molecule has 1 aliphatic rings. The Hall–Kier alpha value is -2.68. The van der Waals surface area contributed by atoms with Gasteiger partial charge in [0.05, 0.1) is 11.7 Å². The molecule has 0 spiro atoms. The summed E-state index contributed by atoms with van der Waals surface area (Å²) in [6.07, 6.45) is -2.51. The Labute approximate surface area is 147 Å². The van der Waals surface area contributed by atoms with E-state index >= 15 is 0 Å². The number of carbonyl (C=O) groups is 1. The Morgan fingerprint density at radius 1 is 1.23 bits per heavy atom. The molecule has 2 heterocycles. The number of anilines is 2. The van der Waals surface area contributed by atoms with Crippen molar-refractivity contribution in [3.63, 3.8) is 0 Å². The number of halogens is 3. The van der Waals surface area contributed by atoms with Crippen LogP contribution >= 0.6 is 0 Å². The highest BCUT2D eigenvalue weighted by molar-refractivity contribution is 5.92. The first-order valence-electron chi connectivity index (χ1n) is 8.09. The molecule has 1 aliphatic heterocycles. The fourth-order valence-corrected chi connectivity index (χ4v) is 2.54. The maximum Gasteiger partial charge on any atom is 0.416 e. The van der Waals surface area contributed by atoms with E-state index in [1.54, 1.807) is 0 Å². The van der Waals surface area contributed by atoms with E-state index < -0.39 is 11.7 Å². The van der Waals surface area contributed by atoms with Crippen molar-refractivity contribution in [3.05, 3.63) is 47.7 Å². The van der Waals surface area contributed by atoms with Gasteiger partial charge in [0.2, 0.25) is 0 Å². The molecular formula is C17H17F3N4O2. The first-order valence-corrected chi connectivity index (χ1v) is 8.09. The Balaban J connectivity index is 1.59. The van der Waals surface area contributed by atoms with Crippen LogP contribution in [-0.4, -0.2) is 35.4 Å². The summed E-state index contributed by atoms with van der Waals surface area (Å²) >= 11 is 0. The smallest absolute Gasteiger partial charge is 0.376 e. The molecule has 9 heteroatoms. The molecule has 2 aromatic rings. The lowest BCUT2D eigenvalue weighted by molar-refractivity contribution is -0.137. The number of benzene rings is 1. The molecule has 0 bridgehead atoms. The summed E-state index contributed by atoms with van der Waals surface area (Å²) < 4.78 is 43.6. The maximum absolute atomic E-state index is 12.7. The van der Waals surface area contributed by atoms with Gasteiger partial charge in [-0.1, -0.05) is 6.07 Å². The van der Waals surface area contributed by atoms with Crippen LogP contribution in [0.1, 0.15) is 28.9 Å². The summed E-state index contributed by atoms with van der Waals surface area (Å²) in [6, 6.07) is 7.68. The van der Waals surface area contributed by atoms with Crippen LogP contribution in [0.2, 0.25) is 0 Å². The van der Waals surface area contributed by atoms with Gasteiger partial charge in [-0.15, -0.1) is 10.2 Å². The van der Waals surface area contributed by atoms with Gasteiger partial charge in [-0.2, -0.15) is 13.2 Å². The van der Waals surface area contributed by atoms with Gasteiger partial charge in [-0.25, -0.2) is 0 Å². The quantitative estimate of drug-likeness (QED) is 0.850. The Kier molecular flexibility index (Phi) is 5.36. The number of amides is 1. The molecule has 1 saturated heterocycles. The largest absolute Gasteiger partial charge is 0.416 e. The van der Waals surface area contributed by atoms with Crippen molar-refractivity contribution in [1.82, 2.24) is 15.5 Å². The van der Waals surface area contributed by atoms with E-state index in [2.05, 4.69) is 20.8 Å². The first kappa shape index (κ1) is 18.1. The van der Waals surface area contributed by atoms with Gasteiger partial charge in [0.25, 0.3) is 5.91 Å². The Morgan fingerprint density at radius 2 is 2.08 bits per heavy atom. The van der Waals surface area contributed by atoms with Crippen molar-refractivity contribution < 1.29 is 22.7 Å². The summed E-state index contributed by atoms with van der Waals surface area (Å²) in [5.74, 6) is -0.140. The number of hydrogen-bond donors (Lipinski definition) is 2. The molecule has 1 amide bonds. The number of aromatic nitrogens is 2. The van der Waals surface area contributed by atoms with E-state index in [1.807, 2.05) is 0 Å². The van der Waals surface area contributed by atoms with E-state index in [9.17, 15) is 18.0 Å². The van der Waals surface area contributed by atoms with E-state index in [-0.39, 0.29) is 29.2 Å². The number of nitrogens with one attached hydrogen (secondary N) is 2. The SMILES string of the molecule is O=C(NCC1CCCO1)c1ccc(Nc2cccc(C(F)(F)F)c2)nn1. The molecule has 1 atom stereocenters. The lowest BCUT2D eigenvalue weighted by atomic mass is 10.2. The van der Waals surface area contributed by atoms with Gasteiger partial charge in [0.15, 0.2) is 11.5 Å². The van der Waals surface area contributed by atoms with Crippen LogP contribution in [0, 0.1) is 0 Å². The zero-order valence-electron chi connectivity index (χ0n) is 13.7. The minimum atomic E-state index is -4.42. The second-order valence-electron chi connectivity index (χ2n) is 5.85. The predicted molar refractivity (Wildman–Crippen MR) is 88.1 cm³/mol. The Bertz CT molecular complexity index is 759. The molecule has 26 heavy (non-hydrogen) atoms. The summed E-state index contributed by atoms with van der Waals surface area (Å²) in [7, 11) is 0. The average Bonchev–Trinajstić information content (AvgIpc) is 3.13. The Morgan fingerprint density at radius 3 is 2.73 bits per heavy atom. The molecule has 6 nitrogen and oxygen atoms in total. The lowest BCUT2D eigenvalue weighted by Gasteiger charge is -2.11. The van der Waals surface area contributed by atoms with Gasteiger partial charge in [-0.3, -0.25) is 4.79 Å². The zero-order chi connectivity index (χ0) is 18.6. The van der Waals surface area contributed by atoms with Gasteiger partial charge < -0.3 is 15.4 Å². The van der Waals surface area contributed by atoms with Crippen LogP contribution in [0.4, 0.5) is 24.7 Å². The third kappa shape index (κ3) is 4.69. The van der Waals surface area contributed by atoms with Crippen LogP contribution in [0.15, 0.2) is 36.4 Å². The normalized spacial score (nSPS) is 17.1. The maximum atomic E-state index is 12.7. The molecule has 1 unspecified atom stereocenters. The summed E-state index contributed by atoms with van der Waals surface area (Å²) in [6.45, 7) is 1.11. The van der Waals surface area contributed by atoms with Crippen LogP contribution in [-0.2, 0) is 10.9 Å². The molecule has 1 fully saturated rings. The topological polar surface area (TPSA) is 76.1 Å². The van der Waals surface area contributed by atoms with Crippen LogP contribution < -0.4 is 10.6 Å². The summed E-state index contributed by atoms with van der Waals surface area (Å²) in [5, 5.41) is 13.1. The highest BCUT2D eigenvalue weighted by atomic mass is 19.4. The van der Waals surface area contributed by atoms with Crippen LogP contribution in [0.3, 0.4) is 0 Å². The van der Waals surface area contributed by atoms with E-state index in [4.69, 9.17) is 4.74 Å². The molecular weight excluding hydrogens is 349 g/mol. The monoisotopic (exact) mass is 366 g/mol. The van der Waals surface area contributed by atoms with Crippen molar-refractivity contribution in [3.8, 4) is 0 Å². The minimum absolute atomic E-state index is 0.0220. The van der Waals surface area contributed by atoms with E-state index in [0.717, 1.165) is 25.0 Å². The highest BCUT2D eigenvalue weighted by Gasteiger charge is 2.30. The second kappa shape index (κ2) is 7.69. The molecule has 0 aliphatic carbocycles. The van der Waals surface area contributed by atoms with Crippen molar-refractivity contribution in [2.24, 2.45) is 0 Å². The molecule has 1 aromatic carbocycles. The fourth-order valence-electron chi connectivity index (χ4n) is 2.54. The minimum Gasteiger partial charge on any atom is -0.376 e. The fraction of sp³-hybridized carbons (Fsp3) is 0.353. The molecule has 1 aromatic heterocycles. The van der Waals surface area contributed by atoms with Crippen LogP contribution in [0.5, 0.6) is 0 Å². The molecule has 138 valence electrons. The van der Waals surface area contributed by atoms with E-state index in [0.29, 0.717) is 13.2 Å². The molecule has 2 N–H and O–H groups in total. The first-order chi connectivity index (χ1) is 12.4. The molecule has 3 rings (SSSR count). The third-order valence-corrected chi connectivity index (χ3v) is 3.87. The number of ether oxygens (including phenoxy) is 1.